The fraction of sp³-hybridized carbons (Fsp3) is 0.167. The third-order valence-corrected chi connectivity index (χ3v) is 2.73. The molecule has 0 atom stereocenters. The highest BCUT2D eigenvalue weighted by Gasteiger charge is 2.26. The molecule has 0 saturated carbocycles. The summed E-state index contributed by atoms with van der Waals surface area (Å²) in [6, 6.07) is 0.697. The zero-order valence-electron chi connectivity index (χ0n) is 6.42. The molecule has 0 radical (unpaired) electrons. The largest absolute Gasteiger partial charge is 0.266 e. The Hall–Kier alpha value is -0.820. The van der Waals surface area contributed by atoms with Crippen LogP contribution in [0.2, 0.25) is 0 Å². The zero-order chi connectivity index (χ0) is 10.9. The standard InChI is InChI=1S/C6H3ClF3NO2S/c7-14(12,13)4-3(5(8)9)1-2-11-6(4)10/h1-2,5H. The Labute approximate surface area is 81.9 Å². The van der Waals surface area contributed by atoms with Gasteiger partial charge in [-0.2, -0.15) is 4.39 Å². The van der Waals surface area contributed by atoms with Crippen molar-refractivity contribution in [2.75, 3.05) is 0 Å². The smallest absolute Gasteiger partial charge is 0.227 e. The van der Waals surface area contributed by atoms with Crippen LogP contribution in [0.3, 0.4) is 0 Å². The van der Waals surface area contributed by atoms with E-state index < -0.39 is 31.9 Å². The SMILES string of the molecule is O=S(=O)(Cl)c1c(C(F)F)ccnc1F. The van der Waals surface area contributed by atoms with Crippen molar-refractivity contribution in [1.82, 2.24) is 4.98 Å². The first-order valence-electron chi connectivity index (χ1n) is 3.21. The number of pyridine rings is 1. The van der Waals surface area contributed by atoms with E-state index in [9.17, 15) is 21.6 Å². The lowest BCUT2D eigenvalue weighted by molar-refractivity contribution is 0.146. The summed E-state index contributed by atoms with van der Waals surface area (Å²) in [6.45, 7) is 0. The molecule has 1 heterocycles. The number of halogens is 4. The van der Waals surface area contributed by atoms with Crippen molar-refractivity contribution in [2.24, 2.45) is 0 Å². The zero-order valence-corrected chi connectivity index (χ0v) is 7.99. The second kappa shape index (κ2) is 3.74. The van der Waals surface area contributed by atoms with E-state index in [1.54, 1.807) is 0 Å². The quantitative estimate of drug-likeness (QED) is 0.592. The van der Waals surface area contributed by atoms with Crippen LogP contribution in [0.15, 0.2) is 17.2 Å². The van der Waals surface area contributed by atoms with Crippen molar-refractivity contribution < 1.29 is 21.6 Å². The van der Waals surface area contributed by atoms with Crippen LogP contribution in [-0.4, -0.2) is 13.4 Å². The van der Waals surface area contributed by atoms with E-state index in [0.29, 0.717) is 6.07 Å². The molecule has 0 amide bonds. The number of aromatic nitrogens is 1. The molecule has 0 unspecified atom stereocenters. The van der Waals surface area contributed by atoms with Crippen LogP contribution in [0.1, 0.15) is 12.0 Å². The average molecular weight is 246 g/mol. The topological polar surface area (TPSA) is 47.0 Å². The van der Waals surface area contributed by atoms with Crippen LogP contribution in [0.5, 0.6) is 0 Å². The van der Waals surface area contributed by atoms with Crippen LogP contribution in [-0.2, 0) is 9.05 Å². The van der Waals surface area contributed by atoms with Gasteiger partial charge in [-0.3, -0.25) is 0 Å². The molecular weight excluding hydrogens is 243 g/mol. The summed E-state index contributed by atoms with van der Waals surface area (Å²) in [7, 11) is 0.218. The second-order valence-electron chi connectivity index (χ2n) is 2.26. The molecule has 0 fully saturated rings. The number of hydrogen-bond donors (Lipinski definition) is 0. The Morgan fingerprint density at radius 2 is 2.00 bits per heavy atom. The van der Waals surface area contributed by atoms with Crippen LogP contribution in [0, 0.1) is 5.95 Å². The molecule has 14 heavy (non-hydrogen) atoms. The van der Waals surface area contributed by atoms with Gasteiger partial charge in [-0.05, 0) is 6.07 Å². The predicted octanol–water partition coefficient (Wildman–Crippen LogP) is 2.09. The third kappa shape index (κ3) is 2.16. The number of rotatable bonds is 2. The highest BCUT2D eigenvalue weighted by Crippen LogP contribution is 2.29. The van der Waals surface area contributed by atoms with Gasteiger partial charge in [-0.1, -0.05) is 0 Å². The van der Waals surface area contributed by atoms with Gasteiger partial charge in [0.25, 0.3) is 15.5 Å². The van der Waals surface area contributed by atoms with Crippen molar-refractivity contribution in [2.45, 2.75) is 11.3 Å². The van der Waals surface area contributed by atoms with E-state index in [-0.39, 0.29) is 0 Å². The summed E-state index contributed by atoms with van der Waals surface area (Å²) in [6.07, 6.45) is -2.39. The molecule has 0 aromatic carbocycles. The molecule has 1 aromatic rings. The molecule has 1 rings (SSSR count). The first kappa shape index (κ1) is 11.3. The Kier molecular flexibility index (Phi) is 3.01. The lowest BCUT2D eigenvalue weighted by atomic mass is 10.3. The third-order valence-electron chi connectivity index (χ3n) is 1.37. The van der Waals surface area contributed by atoms with Crippen LogP contribution >= 0.6 is 10.7 Å². The first-order valence-corrected chi connectivity index (χ1v) is 5.52. The van der Waals surface area contributed by atoms with Gasteiger partial charge in [0, 0.05) is 22.4 Å². The molecule has 78 valence electrons. The molecule has 8 heteroatoms. The Morgan fingerprint density at radius 3 is 2.36 bits per heavy atom. The molecule has 0 bridgehead atoms. The molecule has 0 aliphatic carbocycles. The minimum atomic E-state index is -4.55. The summed E-state index contributed by atoms with van der Waals surface area (Å²) in [4.78, 5) is 1.66. The van der Waals surface area contributed by atoms with Crippen LogP contribution in [0.25, 0.3) is 0 Å². The average Bonchev–Trinajstić information content (AvgIpc) is 2.01. The molecule has 0 aliphatic rings. The molecule has 0 N–H and O–H groups in total. The molecule has 0 aliphatic heterocycles. The minimum absolute atomic E-state index is 0.697. The lowest BCUT2D eigenvalue weighted by Gasteiger charge is -2.04. The minimum Gasteiger partial charge on any atom is -0.227 e. The van der Waals surface area contributed by atoms with E-state index in [4.69, 9.17) is 10.7 Å². The van der Waals surface area contributed by atoms with Crippen molar-refractivity contribution in [3.05, 3.63) is 23.8 Å². The Bertz CT molecular complexity index is 448. The summed E-state index contributed by atoms with van der Waals surface area (Å²) in [5, 5.41) is 0. The van der Waals surface area contributed by atoms with Crippen LogP contribution in [0.4, 0.5) is 13.2 Å². The van der Waals surface area contributed by atoms with Gasteiger partial charge in [-0.25, -0.2) is 22.2 Å². The molecule has 0 saturated heterocycles. The van der Waals surface area contributed by atoms with Crippen molar-refractivity contribution in [3.63, 3.8) is 0 Å². The number of alkyl halides is 2. The van der Waals surface area contributed by atoms with E-state index >= 15 is 0 Å². The first-order chi connectivity index (χ1) is 6.34. The number of hydrogen-bond acceptors (Lipinski definition) is 3. The maximum absolute atomic E-state index is 12.8. The maximum Gasteiger partial charge on any atom is 0.266 e. The van der Waals surface area contributed by atoms with Crippen molar-refractivity contribution in [3.8, 4) is 0 Å². The highest BCUT2D eigenvalue weighted by molar-refractivity contribution is 8.13. The summed E-state index contributed by atoms with van der Waals surface area (Å²) in [5.41, 5.74) is -0.993. The van der Waals surface area contributed by atoms with E-state index in [2.05, 4.69) is 4.98 Å². The summed E-state index contributed by atoms with van der Waals surface area (Å²) >= 11 is 0. The van der Waals surface area contributed by atoms with Gasteiger partial charge < -0.3 is 0 Å². The Morgan fingerprint density at radius 1 is 1.43 bits per heavy atom. The lowest BCUT2D eigenvalue weighted by Crippen LogP contribution is -2.04. The number of nitrogens with zero attached hydrogens (tertiary/aromatic N) is 1. The van der Waals surface area contributed by atoms with E-state index in [1.807, 2.05) is 0 Å². The molecular formula is C6H3ClF3NO2S. The van der Waals surface area contributed by atoms with Crippen molar-refractivity contribution in [1.29, 1.82) is 0 Å². The Balaban J connectivity index is 3.54. The van der Waals surface area contributed by atoms with Crippen molar-refractivity contribution >= 4 is 19.7 Å². The molecule has 1 aromatic heterocycles. The van der Waals surface area contributed by atoms with Gasteiger partial charge in [-0.15, -0.1) is 0 Å². The van der Waals surface area contributed by atoms with Gasteiger partial charge in [0.05, 0.1) is 0 Å². The van der Waals surface area contributed by atoms with Gasteiger partial charge >= 0.3 is 0 Å². The normalized spacial score (nSPS) is 12.1. The van der Waals surface area contributed by atoms with Gasteiger partial charge in [0.2, 0.25) is 5.95 Å². The fourth-order valence-electron chi connectivity index (χ4n) is 0.850. The predicted molar refractivity (Wildman–Crippen MR) is 42.2 cm³/mol. The van der Waals surface area contributed by atoms with Crippen LogP contribution < -0.4 is 0 Å². The van der Waals surface area contributed by atoms with Gasteiger partial charge in [0.15, 0.2) is 0 Å². The van der Waals surface area contributed by atoms with E-state index in [1.165, 1.54) is 0 Å². The summed E-state index contributed by atoms with van der Waals surface area (Å²) < 4.78 is 58.7. The maximum atomic E-state index is 12.8. The molecule has 3 nitrogen and oxygen atoms in total. The van der Waals surface area contributed by atoms with Gasteiger partial charge in [0.1, 0.15) is 4.90 Å². The second-order valence-corrected chi connectivity index (χ2v) is 4.76. The fourth-order valence-corrected chi connectivity index (χ4v) is 2.00. The van der Waals surface area contributed by atoms with E-state index in [0.717, 1.165) is 6.20 Å². The summed E-state index contributed by atoms with van der Waals surface area (Å²) in [5.74, 6) is -1.53. The monoisotopic (exact) mass is 245 g/mol. The molecule has 0 spiro atoms. The highest BCUT2D eigenvalue weighted by atomic mass is 35.7.